The summed E-state index contributed by atoms with van der Waals surface area (Å²) in [5.41, 5.74) is 1.40. The van der Waals surface area contributed by atoms with E-state index in [0.717, 1.165) is 5.69 Å². The summed E-state index contributed by atoms with van der Waals surface area (Å²) < 4.78 is 0. The third-order valence-corrected chi connectivity index (χ3v) is 2.47. The van der Waals surface area contributed by atoms with E-state index < -0.39 is 0 Å². The van der Waals surface area contributed by atoms with Crippen LogP contribution in [0.4, 0.5) is 11.6 Å². The zero-order chi connectivity index (χ0) is 13.8. The number of aromatic nitrogens is 3. The smallest absolute Gasteiger partial charge is 0.252 e. The maximum absolute atomic E-state index is 11.4. The van der Waals surface area contributed by atoms with Crippen molar-refractivity contribution in [3.63, 3.8) is 0 Å². The molecule has 2 heterocycles. The van der Waals surface area contributed by atoms with Crippen LogP contribution in [-0.2, 0) is 0 Å². The van der Waals surface area contributed by atoms with Gasteiger partial charge < -0.3 is 10.6 Å². The lowest BCUT2D eigenvalue weighted by atomic mass is 10.2. The molecule has 0 saturated heterocycles. The van der Waals surface area contributed by atoms with Crippen LogP contribution in [0.3, 0.4) is 0 Å². The normalized spacial score (nSPS) is 10.1. The Labute approximate surface area is 111 Å². The summed E-state index contributed by atoms with van der Waals surface area (Å²) in [6, 6.07) is 5.27. The SMILES string of the molecule is CNC(=O)c1ccc(Nc2cc(C)nc(C)n2)nc1. The molecule has 6 nitrogen and oxygen atoms in total. The highest BCUT2D eigenvalue weighted by atomic mass is 16.1. The number of pyridine rings is 1. The highest BCUT2D eigenvalue weighted by Crippen LogP contribution is 2.13. The summed E-state index contributed by atoms with van der Waals surface area (Å²) in [6.07, 6.45) is 1.52. The van der Waals surface area contributed by atoms with Gasteiger partial charge in [0.1, 0.15) is 17.5 Å². The highest BCUT2D eigenvalue weighted by molar-refractivity contribution is 5.93. The molecule has 19 heavy (non-hydrogen) atoms. The second-order valence-corrected chi connectivity index (χ2v) is 4.08. The lowest BCUT2D eigenvalue weighted by molar-refractivity contribution is 0.0963. The summed E-state index contributed by atoms with van der Waals surface area (Å²) in [6.45, 7) is 3.74. The summed E-state index contributed by atoms with van der Waals surface area (Å²) in [5.74, 6) is 1.85. The maximum Gasteiger partial charge on any atom is 0.252 e. The van der Waals surface area contributed by atoms with E-state index in [1.54, 1.807) is 19.2 Å². The van der Waals surface area contributed by atoms with Gasteiger partial charge in [-0.05, 0) is 26.0 Å². The molecule has 0 bridgehead atoms. The fourth-order valence-corrected chi connectivity index (χ4v) is 1.66. The van der Waals surface area contributed by atoms with Crippen LogP contribution in [0.25, 0.3) is 0 Å². The average Bonchev–Trinajstić information content (AvgIpc) is 2.37. The molecule has 0 radical (unpaired) electrons. The van der Waals surface area contributed by atoms with Crippen molar-refractivity contribution in [3.8, 4) is 0 Å². The quantitative estimate of drug-likeness (QED) is 0.872. The van der Waals surface area contributed by atoms with Crippen LogP contribution in [0.5, 0.6) is 0 Å². The Morgan fingerprint density at radius 3 is 2.53 bits per heavy atom. The molecule has 2 rings (SSSR count). The lowest BCUT2D eigenvalue weighted by Crippen LogP contribution is -2.17. The number of nitrogens with one attached hydrogen (secondary N) is 2. The number of hydrogen-bond donors (Lipinski definition) is 2. The van der Waals surface area contributed by atoms with Crippen LogP contribution in [0.15, 0.2) is 24.4 Å². The summed E-state index contributed by atoms with van der Waals surface area (Å²) >= 11 is 0. The number of carbonyl (C=O) groups is 1. The number of aryl methyl sites for hydroxylation is 2. The number of rotatable bonds is 3. The predicted octanol–water partition coefficient (Wildman–Crippen LogP) is 1.59. The van der Waals surface area contributed by atoms with Crippen LogP contribution in [0.1, 0.15) is 21.9 Å². The van der Waals surface area contributed by atoms with E-state index in [2.05, 4.69) is 25.6 Å². The molecule has 0 aliphatic rings. The van der Waals surface area contributed by atoms with Crippen LogP contribution >= 0.6 is 0 Å². The van der Waals surface area contributed by atoms with Gasteiger partial charge >= 0.3 is 0 Å². The zero-order valence-electron chi connectivity index (χ0n) is 11.1. The third kappa shape index (κ3) is 3.25. The minimum Gasteiger partial charge on any atom is -0.355 e. The zero-order valence-corrected chi connectivity index (χ0v) is 11.1. The van der Waals surface area contributed by atoms with Crippen molar-refractivity contribution in [1.82, 2.24) is 20.3 Å². The van der Waals surface area contributed by atoms with E-state index in [0.29, 0.717) is 23.0 Å². The van der Waals surface area contributed by atoms with Crippen molar-refractivity contribution in [2.45, 2.75) is 13.8 Å². The van der Waals surface area contributed by atoms with Crippen molar-refractivity contribution in [1.29, 1.82) is 0 Å². The van der Waals surface area contributed by atoms with Crippen LogP contribution in [-0.4, -0.2) is 27.9 Å². The Hall–Kier alpha value is -2.50. The second kappa shape index (κ2) is 5.43. The van der Waals surface area contributed by atoms with Crippen molar-refractivity contribution in [3.05, 3.63) is 41.5 Å². The Morgan fingerprint density at radius 2 is 1.95 bits per heavy atom. The van der Waals surface area contributed by atoms with Crippen molar-refractivity contribution in [2.24, 2.45) is 0 Å². The first kappa shape index (κ1) is 12.9. The Bertz CT molecular complexity index is 574. The molecule has 0 aliphatic carbocycles. The largest absolute Gasteiger partial charge is 0.355 e. The molecule has 0 aromatic carbocycles. The standard InChI is InChI=1S/C13H15N5O/c1-8-6-12(17-9(2)16-8)18-11-5-4-10(7-15-11)13(19)14-3/h4-7H,1-3H3,(H,14,19)(H,15,16,17,18). The molecular weight excluding hydrogens is 242 g/mol. The molecule has 0 spiro atoms. The first-order valence-electron chi connectivity index (χ1n) is 5.86. The molecular formula is C13H15N5O. The van der Waals surface area contributed by atoms with Crippen LogP contribution in [0, 0.1) is 13.8 Å². The minimum atomic E-state index is -0.159. The number of anilines is 2. The van der Waals surface area contributed by atoms with Crippen LogP contribution in [0.2, 0.25) is 0 Å². The fraction of sp³-hybridized carbons (Fsp3) is 0.231. The van der Waals surface area contributed by atoms with Gasteiger partial charge in [0.2, 0.25) is 0 Å². The topological polar surface area (TPSA) is 79.8 Å². The van der Waals surface area contributed by atoms with Gasteiger partial charge in [0.15, 0.2) is 0 Å². The van der Waals surface area contributed by atoms with Gasteiger partial charge in [-0.15, -0.1) is 0 Å². The van der Waals surface area contributed by atoms with E-state index in [9.17, 15) is 4.79 Å². The molecule has 2 N–H and O–H groups in total. The van der Waals surface area contributed by atoms with Gasteiger partial charge in [-0.25, -0.2) is 15.0 Å². The molecule has 6 heteroatoms. The van der Waals surface area contributed by atoms with E-state index in [4.69, 9.17) is 0 Å². The van der Waals surface area contributed by atoms with Crippen LogP contribution < -0.4 is 10.6 Å². The lowest BCUT2D eigenvalue weighted by Gasteiger charge is -2.07. The van der Waals surface area contributed by atoms with Gasteiger partial charge in [0.25, 0.3) is 5.91 Å². The molecule has 0 aliphatic heterocycles. The number of carbonyl (C=O) groups excluding carboxylic acids is 1. The van der Waals surface area contributed by atoms with Gasteiger partial charge in [0.05, 0.1) is 5.56 Å². The summed E-state index contributed by atoms with van der Waals surface area (Å²) in [4.78, 5) is 24.0. The monoisotopic (exact) mass is 257 g/mol. The molecule has 2 aromatic rings. The van der Waals surface area contributed by atoms with E-state index in [1.807, 2.05) is 19.9 Å². The predicted molar refractivity (Wildman–Crippen MR) is 72.4 cm³/mol. The van der Waals surface area contributed by atoms with Gasteiger partial charge in [-0.2, -0.15) is 0 Å². The molecule has 98 valence electrons. The molecule has 0 atom stereocenters. The number of hydrogen-bond acceptors (Lipinski definition) is 5. The molecule has 1 amide bonds. The van der Waals surface area contributed by atoms with Crippen molar-refractivity contribution in [2.75, 3.05) is 12.4 Å². The number of amides is 1. The third-order valence-electron chi connectivity index (χ3n) is 2.47. The van der Waals surface area contributed by atoms with Gasteiger partial charge in [-0.1, -0.05) is 0 Å². The molecule has 0 saturated carbocycles. The van der Waals surface area contributed by atoms with E-state index in [1.165, 1.54) is 6.20 Å². The number of nitrogens with zero attached hydrogens (tertiary/aromatic N) is 3. The van der Waals surface area contributed by atoms with Gasteiger partial charge in [0, 0.05) is 25.0 Å². The Morgan fingerprint density at radius 1 is 1.16 bits per heavy atom. The summed E-state index contributed by atoms with van der Waals surface area (Å²) in [7, 11) is 1.58. The molecule has 0 fully saturated rings. The summed E-state index contributed by atoms with van der Waals surface area (Å²) in [5, 5.41) is 5.62. The average molecular weight is 257 g/mol. The maximum atomic E-state index is 11.4. The molecule has 2 aromatic heterocycles. The first-order valence-corrected chi connectivity index (χ1v) is 5.86. The van der Waals surface area contributed by atoms with E-state index >= 15 is 0 Å². The Kier molecular flexibility index (Phi) is 3.70. The van der Waals surface area contributed by atoms with Gasteiger partial charge in [-0.3, -0.25) is 4.79 Å². The highest BCUT2D eigenvalue weighted by Gasteiger charge is 2.04. The van der Waals surface area contributed by atoms with Crippen molar-refractivity contribution < 1.29 is 4.79 Å². The first-order chi connectivity index (χ1) is 9.08. The van der Waals surface area contributed by atoms with Crippen molar-refractivity contribution >= 4 is 17.5 Å². The Balaban J connectivity index is 2.17. The minimum absolute atomic E-state index is 0.159. The van der Waals surface area contributed by atoms with E-state index in [-0.39, 0.29) is 5.91 Å². The molecule has 0 unspecified atom stereocenters. The fourth-order valence-electron chi connectivity index (χ4n) is 1.66. The second-order valence-electron chi connectivity index (χ2n) is 4.08.